The van der Waals surface area contributed by atoms with E-state index in [0.29, 0.717) is 13.1 Å². The van der Waals surface area contributed by atoms with Crippen LogP contribution in [0.5, 0.6) is 0 Å². The van der Waals surface area contributed by atoms with E-state index in [2.05, 4.69) is 20.3 Å². The number of amides is 2. The average molecular weight is 297 g/mol. The number of nitrogens with zero attached hydrogens (tertiary/aromatic N) is 4. The summed E-state index contributed by atoms with van der Waals surface area (Å²) in [6.45, 7) is 2.09. The minimum absolute atomic E-state index is 0.00437. The van der Waals surface area contributed by atoms with Gasteiger partial charge in [-0.25, -0.2) is 4.79 Å². The van der Waals surface area contributed by atoms with Crippen LogP contribution in [0.1, 0.15) is 23.6 Å². The number of nitrogens with one attached hydrogen (secondary N) is 1. The molecule has 1 unspecified atom stereocenters. The van der Waals surface area contributed by atoms with E-state index >= 15 is 0 Å². The number of hydrogen-bond donors (Lipinski definition) is 1. The van der Waals surface area contributed by atoms with Crippen LogP contribution in [0.4, 0.5) is 4.79 Å². The van der Waals surface area contributed by atoms with Crippen molar-refractivity contribution in [3.8, 4) is 0 Å². The van der Waals surface area contributed by atoms with Crippen molar-refractivity contribution in [1.82, 2.24) is 25.2 Å². The Morgan fingerprint density at radius 2 is 2.18 bits per heavy atom. The summed E-state index contributed by atoms with van der Waals surface area (Å²) in [4.78, 5) is 26.5. The lowest BCUT2D eigenvalue weighted by Gasteiger charge is -2.17. The van der Waals surface area contributed by atoms with Crippen molar-refractivity contribution < 1.29 is 4.79 Å². The van der Waals surface area contributed by atoms with Gasteiger partial charge in [-0.05, 0) is 24.5 Å². The maximum Gasteiger partial charge on any atom is 0.317 e. The second-order valence-corrected chi connectivity index (χ2v) is 5.41. The largest absolute Gasteiger partial charge is 0.338 e. The van der Waals surface area contributed by atoms with Crippen LogP contribution >= 0.6 is 0 Å². The van der Waals surface area contributed by atoms with Crippen LogP contribution in [-0.4, -0.2) is 45.5 Å². The first-order valence-corrected chi connectivity index (χ1v) is 7.50. The van der Waals surface area contributed by atoms with Crippen molar-refractivity contribution in [2.45, 2.75) is 18.8 Å². The van der Waals surface area contributed by atoms with Crippen LogP contribution in [0.2, 0.25) is 0 Å². The molecule has 3 rings (SSSR count). The van der Waals surface area contributed by atoms with Crippen molar-refractivity contribution in [3.05, 3.63) is 54.4 Å². The molecule has 6 heteroatoms. The SMILES string of the molecule is O=C(NCCc1cccnc1)N1CCC(c2cnccn2)C1. The van der Waals surface area contributed by atoms with E-state index < -0.39 is 0 Å². The van der Waals surface area contributed by atoms with Gasteiger partial charge in [-0.2, -0.15) is 0 Å². The van der Waals surface area contributed by atoms with Gasteiger partial charge in [0.25, 0.3) is 0 Å². The molecule has 0 aromatic carbocycles. The Kier molecular flexibility index (Phi) is 4.58. The lowest BCUT2D eigenvalue weighted by atomic mass is 10.1. The third-order valence-corrected chi connectivity index (χ3v) is 3.89. The molecular formula is C16H19N5O. The third-order valence-electron chi connectivity index (χ3n) is 3.89. The summed E-state index contributed by atoms with van der Waals surface area (Å²) in [7, 11) is 0. The van der Waals surface area contributed by atoms with E-state index in [1.165, 1.54) is 0 Å². The highest BCUT2D eigenvalue weighted by molar-refractivity contribution is 5.74. The van der Waals surface area contributed by atoms with Gasteiger partial charge in [0.2, 0.25) is 0 Å². The smallest absolute Gasteiger partial charge is 0.317 e. The number of pyridine rings is 1. The Morgan fingerprint density at radius 3 is 2.95 bits per heavy atom. The fourth-order valence-electron chi connectivity index (χ4n) is 2.68. The van der Waals surface area contributed by atoms with E-state index in [1.807, 2.05) is 23.2 Å². The summed E-state index contributed by atoms with van der Waals surface area (Å²) in [5.41, 5.74) is 2.09. The van der Waals surface area contributed by atoms with Crippen molar-refractivity contribution in [3.63, 3.8) is 0 Å². The fraction of sp³-hybridized carbons (Fsp3) is 0.375. The van der Waals surface area contributed by atoms with Crippen LogP contribution in [0, 0.1) is 0 Å². The molecule has 0 bridgehead atoms. The van der Waals surface area contributed by atoms with Crippen molar-refractivity contribution in [2.24, 2.45) is 0 Å². The molecule has 2 amide bonds. The number of carbonyl (C=O) groups excluding carboxylic acids is 1. The molecule has 0 saturated carbocycles. The van der Waals surface area contributed by atoms with Crippen LogP contribution < -0.4 is 5.32 Å². The van der Waals surface area contributed by atoms with E-state index in [-0.39, 0.29) is 11.9 Å². The molecule has 2 aromatic rings. The summed E-state index contributed by atoms with van der Waals surface area (Å²) in [6.07, 6.45) is 10.5. The molecule has 1 saturated heterocycles. The molecule has 0 aliphatic carbocycles. The summed E-state index contributed by atoms with van der Waals surface area (Å²) in [5, 5.41) is 2.97. The maximum absolute atomic E-state index is 12.2. The van der Waals surface area contributed by atoms with E-state index in [1.54, 1.807) is 24.8 Å². The molecule has 1 aliphatic heterocycles. The maximum atomic E-state index is 12.2. The second kappa shape index (κ2) is 6.98. The minimum Gasteiger partial charge on any atom is -0.338 e. The van der Waals surface area contributed by atoms with Gasteiger partial charge in [-0.15, -0.1) is 0 Å². The quantitative estimate of drug-likeness (QED) is 0.931. The molecule has 1 fully saturated rings. The number of likely N-dealkylation sites (tertiary alicyclic amines) is 1. The van der Waals surface area contributed by atoms with Gasteiger partial charge in [0.15, 0.2) is 0 Å². The first kappa shape index (κ1) is 14.4. The highest BCUT2D eigenvalue weighted by Gasteiger charge is 2.27. The molecule has 3 heterocycles. The number of rotatable bonds is 4. The standard InChI is InChI=1S/C16H19N5O/c22-16(20-6-3-13-2-1-5-17-10-13)21-9-4-14(12-21)15-11-18-7-8-19-15/h1-2,5,7-8,10-11,14H,3-4,6,9,12H2,(H,20,22). The Labute approximate surface area is 129 Å². The van der Waals surface area contributed by atoms with Crippen LogP contribution in [0.15, 0.2) is 43.1 Å². The predicted octanol–water partition coefficient (Wildman–Crippen LogP) is 1.61. The highest BCUT2D eigenvalue weighted by Crippen LogP contribution is 2.24. The normalized spacial score (nSPS) is 17.5. The first-order chi connectivity index (χ1) is 10.8. The Morgan fingerprint density at radius 1 is 1.27 bits per heavy atom. The number of aromatic nitrogens is 3. The molecule has 6 nitrogen and oxygen atoms in total. The zero-order chi connectivity index (χ0) is 15.2. The van der Waals surface area contributed by atoms with Crippen LogP contribution in [-0.2, 0) is 6.42 Å². The Balaban J connectivity index is 1.46. The molecule has 1 aliphatic rings. The van der Waals surface area contributed by atoms with E-state index in [4.69, 9.17) is 0 Å². The zero-order valence-corrected chi connectivity index (χ0v) is 12.4. The molecular weight excluding hydrogens is 278 g/mol. The molecule has 2 aromatic heterocycles. The van der Waals surface area contributed by atoms with Gasteiger partial charge in [0.05, 0.1) is 5.69 Å². The van der Waals surface area contributed by atoms with Crippen LogP contribution in [0.3, 0.4) is 0 Å². The first-order valence-electron chi connectivity index (χ1n) is 7.50. The lowest BCUT2D eigenvalue weighted by molar-refractivity contribution is 0.208. The van der Waals surface area contributed by atoms with Gasteiger partial charge < -0.3 is 10.2 Å². The Bertz CT molecular complexity index is 604. The number of hydrogen-bond acceptors (Lipinski definition) is 4. The van der Waals surface area contributed by atoms with Crippen molar-refractivity contribution in [2.75, 3.05) is 19.6 Å². The summed E-state index contributed by atoms with van der Waals surface area (Å²) >= 11 is 0. The van der Waals surface area contributed by atoms with Gasteiger partial charge in [0, 0.05) is 56.5 Å². The predicted molar refractivity (Wildman–Crippen MR) is 82.3 cm³/mol. The monoisotopic (exact) mass is 297 g/mol. The topological polar surface area (TPSA) is 71.0 Å². The third kappa shape index (κ3) is 3.58. The molecule has 1 atom stereocenters. The lowest BCUT2D eigenvalue weighted by Crippen LogP contribution is -2.39. The number of urea groups is 1. The van der Waals surface area contributed by atoms with E-state index in [0.717, 1.165) is 30.6 Å². The van der Waals surface area contributed by atoms with Gasteiger partial charge in [-0.1, -0.05) is 6.07 Å². The molecule has 0 spiro atoms. The second-order valence-electron chi connectivity index (χ2n) is 5.41. The molecule has 0 radical (unpaired) electrons. The van der Waals surface area contributed by atoms with Crippen LogP contribution in [0.25, 0.3) is 0 Å². The summed E-state index contributed by atoms with van der Waals surface area (Å²) < 4.78 is 0. The molecule has 1 N–H and O–H groups in total. The molecule has 114 valence electrons. The van der Waals surface area contributed by atoms with E-state index in [9.17, 15) is 4.79 Å². The van der Waals surface area contributed by atoms with Gasteiger partial charge >= 0.3 is 6.03 Å². The zero-order valence-electron chi connectivity index (χ0n) is 12.4. The Hall–Kier alpha value is -2.50. The highest BCUT2D eigenvalue weighted by atomic mass is 16.2. The molecule has 22 heavy (non-hydrogen) atoms. The minimum atomic E-state index is -0.00437. The van der Waals surface area contributed by atoms with Crippen molar-refractivity contribution >= 4 is 6.03 Å². The number of carbonyl (C=O) groups is 1. The average Bonchev–Trinajstić information content (AvgIpc) is 3.07. The van der Waals surface area contributed by atoms with Crippen molar-refractivity contribution in [1.29, 1.82) is 0 Å². The summed E-state index contributed by atoms with van der Waals surface area (Å²) in [5.74, 6) is 0.290. The summed E-state index contributed by atoms with van der Waals surface area (Å²) in [6, 6.07) is 3.91. The van der Waals surface area contributed by atoms with Gasteiger partial charge in [-0.3, -0.25) is 15.0 Å². The fourth-order valence-corrected chi connectivity index (χ4v) is 2.68. The van der Waals surface area contributed by atoms with Gasteiger partial charge in [0.1, 0.15) is 0 Å².